The van der Waals surface area contributed by atoms with Crippen molar-refractivity contribution in [2.75, 3.05) is 39.3 Å². The van der Waals surface area contributed by atoms with E-state index in [1.54, 1.807) is 0 Å². The molecule has 1 fully saturated rings. The van der Waals surface area contributed by atoms with Crippen LogP contribution in [0, 0.1) is 0 Å². The Labute approximate surface area is 165 Å². The Kier molecular flexibility index (Phi) is 5.99. The number of nitrogens with zero attached hydrogens (tertiary/aromatic N) is 4. The number of piperazine rings is 1. The average Bonchev–Trinajstić information content (AvgIpc) is 3.25. The fourth-order valence-electron chi connectivity index (χ4n) is 3.45. The standard InChI is InChI=1S/C22H26N4O2/c1-18(22-23-21(24-28-22)19-8-4-2-5-9-19)26-14-12-25(13-15-26)16-17-27-20-10-6-3-7-11-20/h2-11,18H,12-17H2,1H3/t18-/m1/s1. The Morgan fingerprint density at radius 2 is 1.64 bits per heavy atom. The number of benzene rings is 2. The molecule has 0 unspecified atom stereocenters. The molecule has 0 spiro atoms. The summed E-state index contributed by atoms with van der Waals surface area (Å²) in [6.45, 7) is 7.78. The third kappa shape index (κ3) is 4.58. The minimum Gasteiger partial charge on any atom is -0.492 e. The molecule has 0 N–H and O–H groups in total. The summed E-state index contributed by atoms with van der Waals surface area (Å²) >= 11 is 0. The number of ether oxygens (including phenoxy) is 1. The van der Waals surface area contributed by atoms with Crippen molar-refractivity contribution in [3.8, 4) is 17.1 Å². The maximum Gasteiger partial charge on any atom is 0.244 e. The molecule has 1 atom stereocenters. The van der Waals surface area contributed by atoms with Crippen LogP contribution >= 0.6 is 0 Å². The van der Waals surface area contributed by atoms with E-state index < -0.39 is 0 Å². The Morgan fingerprint density at radius 1 is 0.964 bits per heavy atom. The van der Waals surface area contributed by atoms with Gasteiger partial charge in [-0.25, -0.2) is 0 Å². The number of rotatable bonds is 7. The normalized spacial score (nSPS) is 16.8. The van der Waals surface area contributed by atoms with E-state index in [2.05, 4.69) is 26.9 Å². The minimum atomic E-state index is 0.118. The summed E-state index contributed by atoms with van der Waals surface area (Å²) in [5.41, 5.74) is 0.980. The quantitative estimate of drug-likeness (QED) is 0.627. The van der Waals surface area contributed by atoms with Crippen LogP contribution in [0.4, 0.5) is 0 Å². The average molecular weight is 378 g/mol. The van der Waals surface area contributed by atoms with Gasteiger partial charge < -0.3 is 9.26 Å². The Bertz CT molecular complexity index is 845. The molecule has 0 radical (unpaired) electrons. The summed E-state index contributed by atoms with van der Waals surface area (Å²) in [6.07, 6.45) is 0. The van der Waals surface area contributed by atoms with E-state index in [0.717, 1.165) is 44.0 Å². The van der Waals surface area contributed by atoms with Gasteiger partial charge in [-0.05, 0) is 19.1 Å². The SMILES string of the molecule is C[C@H](c1nc(-c2ccccc2)no1)N1CCN(CCOc2ccccc2)CC1. The van der Waals surface area contributed by atoms with Gasteiger partial charge in [-0.1, -0.05) is 53.7 Å². The van der Waals surface area contributed by atoms with Gasteiger partial charge in [-0.15, -0.1) is 0 Å². The van der Waals surface area contributed by atoms with E-state index in [4.69, 9.17) is 9.26 Å². The first kappa shape index (κ1) is 18.7. The van der Waals surface area contributed by atoms with Gasteiger partial charge in [0.05, 0.1) is 6.04 Å². The van der Waals surface area contributed by atoms with E-state index >= 15 is 0 Å². The van der Waals surface area contributed by atoms with Crippen molar-refractivity contribution in [1.82, 2.24) is 19.9 Å². The van der Waals surface area contributed by atoms with Crippen molar-refractivity contribution in [2.24, 2.45) is 0 Å². The van der Waals surface area contributed by atoms with E-state index in [9.17, 15) is 0 Å². The number of hydrogen-bond donors (Lipinski definition) is 0. The Hall–Kier alpha value is -2.70. The van der Waals surface area contributed by atoms with Crippen LogP contribution in [-0.2, 0) is 0 Å². The summed E-state index contributed by atoms with van der Waals surface area (Å²) in [4.78, 5) is 9.44. The number of para-hydroxylation sites is 1. The molecule has 0 amide bonds. The Morgan fingerprint density at radius 3 is 2.36 bits per heavy atom. The second-order valence-corrected chi connectivity index (χ2v) is 7.04. The lowest BCUT2D eigenvalue weighted by molar-refractivity contribution is 0.0800. The van der Waals surface area contributed by atoms with Crippen molar-refractivity contribution in [1.29, 1.82) is 0 Å². The molecule has 6 heteroatoms. The first-order valence-corrected chi connectivity index (χ1v) is 9.83. The molecule has 1 aliphatic heterocycles. The highest BCUT2D eigenvalue weighted by Gasteiger charge is 2.25. The zero-order valence-electron chi connectivity index (χ0n) is 16.2. The van der Waals surface area contributed by atoms with Crippen LogP contribution in [0.2, 0.25) is 0 Å². The van der Waals surface area contributed by atoms with Crippen molar-refractivity contribution < 1.29 is 9.26 Å². The predicted octanol–water partition coefficient (Wildman–Crippen LogP) is 3.49. The summed E-state index contributed by atoms with van der Waals surface area (Å²) in [5, 5.41) is 4.15. The Balaban J connectivity index is 1.25. The maximum atomic E-state index is 5.81. The first-order valence-electron chi connectivity index (χ1n) is 9.83. The van der Waals surface area contributed by atoms with Gasteiger partial charge in [0, 0.05) is 38.3 Å². The molecule has 3 aromatic rings. The zero-order valence-corrected chi connectivity index (χ0v) is 16.2. The van der Waals surface area contributed by atoms with Crippen LogP contribution in [0.25, 0.3) is 11.4 Å². The molecule has 2 aromatic carbocycles. The van der Waals surface area contributed by atoms with Gasteiger partial charge in [-0.2, -0.15) is 4.98 Å². The number of aromatic nitrogens is 2. The van der Waals surface area contributed by atoms with Gasteiger partial charge in [-0.3, -0.25) is 9.80 Å². The fraction of sp³-hybridized carbons (Fsp3) is 0.364. The summed E-state index contributed by atoms with van der Waals surface area (Å²) in [6, 6.07) is 20.0. The zero-order chi connectivity index (χ0) is 19.2. The van der Waals surface area contributed by atoms with E-state index in [1.807, 2.05) is 60.7 Å². The molecule has 1 aliphatic rings. The van der Waals surface area contributed by atoms with Crippen molar-refractivity contribution >= 4 is 0 Å². The molecule has 0 bridgehead atoms. The van der Waals surface area contributed by atoms with Gasteiger partial charge >= 0.3 is 0 Å². The van der Waals surface area contributed by atoms with Crippen molar-refractivity contribution in [2.45, 2.75) is 13.0 Å². The molecule has 1 aromatic heterocycles. The van der Waals surface area contributed by atoms with Crippen molar-refractivity contribution in [3.05, 3.63) is 66.6 Å². The van der Waals surface area contributed by atoms with Crippen LogP contribution in [0.15, 0.2) is 65.2 Å². The molecule has 0 saturated carbocycles. The van der Waals surface area contributed by atoms with Crippen LogP contribution < -0.4 is 4.74 Å². The summed E-state index contributed by atoms with van der Waals surface area (Å²) in [7, 11) is 0. The highest BCUT2D eigenvalue weighted by molar-refractivity contribution is 5.53. The monoisotopic (exact) mass is 378 g/mol. The smallest absolute Gasteiger partial charge is 0.244 e. The molecule has 28 heavy (non-hydrogen) atoms. The van der Waals surface area contributed by atoms with Crippen molar-refractivity contribution in [3.63, 3.8) is 0 Å². The molecular weight excluding hydrogens is 352 g/mol. The van der Waals surface area contributed by atoms with Crippen LogP contribution in [0.3, 0.4) is 0 Å². The molecule has 2 heterocycles. The van der Waals surface area contributed by atoms with Gasteiger partial charge in [0.1, 0.15) is 12.4 Å². The summed E-state index contributed by atoms with van der Waals surface area (Å²) < 4.78 is 11.3. The lowest BCUT2D eigenvalue weighted by atomic mass is 10.2. The van der Waals surface area contributed by atoms with Crippen LogP contribution in [0.5, 0.6) is 5.75 Å². The van der Waals surface area contributed by atoms with E-state index in [1.165, 1.54) is 0 Å². The molecule has 6 nitrogen and oxygen atoms in total. The topological polar surface area (TPSA) is 54.6 Å². The lowest BCUT2D eigenvalue weighted by Crippen LogP contribution is -2.48. The number of hydrogen-bond acceptors (Lipinski definition) is 6. The minimum absolute atomic E-state index is 0.118. The molecule has 4 rings (SSSR count). The molecule has 1 saturated heterocycles. The van der Waals surface area contributed by atoms with Gasteiger partial charge in [0.15, 0.2) is 0 Å². The maximum absolute atomic E-state index is 5.81. The highest BCUT2D eigenvalue weighted by atomic mass is 16.5. The third-order valence-electron chi connectivity index (χ3n) is 5.21. The molecular formula is C22H26N4O2. The van der Waals surface area contributed by atoms with E-state index in [-0.39, 0.29) is 6.04 Å². The third-order valence-corrected chi connectivity index (χ3v) is 5.21. The predicted molar refractivity (Wildman–Crippen MR) is 108 cm³/mol. The molecule has 0 aliphatic carbocycles. The van der Waals surface area contributed by atoms with Gasteiger partial charge in [0.25, 0.3) is 0 Å². The highest BCUT2D eigenvalue weighted by Crippen LogP contribution is 2.23. The van der Waals surface area contributed by atoms with Crippen LogP contribution in [-0.4, -0.2) is 59.3 Å². The largest absolute Gasteiger partial charge is 0.492 e. The molecule has 146 valence electrons. The van der Waals surface area contributed by atoms with E-state index in [0.29, 0.717) is 18.3 Å². The summed E-state index contributed by atoms with van der Waals surface area (Å²) in [5.74, 6) is 2.26. The van der Waals surface area contributed by atoms with Gasteiger partial charge in [0.2, 0.25) is 11.7 Å². The second-order valence-electron chi connectivity index (χ2n) is 7.04. The van der Waals surface area contributed by atoms with Crippen LogP contribution in [0.1, 0.15) is 18.9 Å². The lowest BCUT2D eigenvalue weighted by Gasteiger charge is -2.36. The first-order chi connectivity index (χ1) is 13.8. The second kappa shape index (κ2) is 8.99. The fourth-order valence-corrected chi connectivity index (χ4v) is 3.45.